The summed E-state index contributed by atoms with van der Waals surface area (Å²) in [5.41, 5.74) is 2.80. The second kappa shape index (κ2) is 6.07. The number of nitrogens with one attached hydrogen (secondary N) is 2. The third kappa shape index (κ3) is 3.18. The molecule has 0 radical (unpaired) electrons. The summed E-state index contributed by atoms with van der Waals surface area (Å²) in [6.45, 7) is 4.54. The van der Waals surface area contributed by atoms with Crippen molar-refractivity contribution in [2.45, 2.75) is 45.6 Å². The first kappa shape index (κ1) is 14.6. The van der Waals surface area contributed by atoms with Gasteiger partial charge in [0.15, 0.2) is 0 Å². The van der Waals surface area contributed by atoms with E-state index in [-0.39, 0.29) is 18.2 Å². The van der Waals surface area contributed by atoms with Crippen LogP contribution in [0.25, 0.3) is 0 Å². The van der Waals surface area contributed by atoms with Crippen LogP contribution in [0.3, 0.4) is 0 Å². The molecule has 1 atom stereocenters. The highest BCUT2D eigenvalue weighted by Crippen LogP contribution is 2.13. The molecule has 1 saturated heterocycles. The van der Waals surface area contributed by atoms with Crippen LogP contribution >= 0.6 is 0 Å². The lowest BCUT2D eigenvalue weighted by molar-refractivity contribution is -0.128. The molecule has 6 nitrogen and oxygen atoms in total. The molecule has 0 aliphatic carbocycles. The van der Waals surface area contributed by atoms with Gasteiger partial charge in [0, 0.05) is 24.8 Å². The molecule has 20 heavy (non-hydrogen) atoms. The van der Waals surface area contributed by atoms with E-state index in [0.29, 0.717) is 13.0 Å². The quantitative estimate of drug-likeness (QED) is 0.838. The number of nitrogens with zero attached hydrogens (tertiary/aromatic N) is 2. The Labute approximate surface area is 118 Å². The molecule has 0 aromatic carbocycles. The Morgan fingerprint density at radius 1 is 1.45 bits per heavy atom. The summed E-state index contributed by atoms with van der Waals surface area (Å²) in [5, 5.41) is 9.95. The summed E-state index contributed by atoms with van der Waals surface area (Å²) < 4.78 is 1.77. The van der Waals surface area contributed by atoms with E-state index in [9.17, 15) is 9.59 Å². The van der Waals surface area contributed by atoms with Crippen molar-refractivity contribution in [2.75, 3.05) is 6.54 Å². The summed E-state index contributed by atoms with van der Waals surface area (Å²) in [7, 11) is 1.86. The van der Waals surface area contributed by atoms with E-state index in [0.717, 1.165) is 29.8 Å². The first-order chi connectivity index (χ1) is 9.49. The van der Waals surface area contributed by atoms with Crippen molar-refractivity contribution in [3.63, 3.8) is 0 Å². The zero-order chi connectivity index (χ0) is 14.7. The summed E-state index contributed by atoms with van der Waals surface area (Å²) in [6.07, 6.45) is 2.91. The lowest BCUT2D eigenvalue weighted by Gasteiger charge is -2.15. The smallest absolute Gasteiger partial charge is 0.242 e. The van der Waals surface area contributed by atoms with E-state index in [2.05, 4.69) is 15.7 Å². The topological polar surface area (TPSA) is 76.0 Å². The van der Waals surface area contributed by atoms with E-state index >= 15 is 0 Å². The second-order valence-corrected chi connectivity index (χ2v) is 5.36. The van der Waals surface area contributed by atoms with Crippen LogP contribution < -0.4 is 10.6 Å². The molecule has 0 spiro atoms. The molecule has 2 rings (SSSR count). The van der Waals surface area contributed by atoms with Gasteiger partial charge in [0.25, 0.3) is 0 Å². The maximum Gasteiger partial charge on any atom is 0.242 e. The standard InChI is InChI=1S/C14H22N4O2/c1-9-11(10(2)18(3)17-9)8-13(19)16-12-6-4-5-7-15-14(12)20/h12H,4-8H2,1-3H3,(H,15,20)(H,16,19). The second-order valence-electron chi connectivity index (χ2n) is 5.36. The van der Waals surface area contributed by atoms with Gasteiger partial charge in [-0.1, -0.05) is 0 Å². The molecule has 0 bridgehead atoms. The molecule has 0 saturated carbocycles. The molecule has 1 aromatic rings. The Morgan fingerprint density at radius 2 is 2.20 bits per heavy atom. The number of carbonyl (C=O) groups excluding carboxylic acids is 2. The molecule has 1 aromatic heterocycles. The monoisotopic (exact) mass is 278 g/mol. The van der Waals surface area contributed by atoms with Crippen LogP contribution in [0, 0.1) is 13.8 Å². The Bertz CT molecular complexity index is 521. The Kier molecular flexibility index (Phi) is 4.42. The molecule has 2 heterocycles. The van der Waals surface area contributed by atoms with E-state index in [1.165, 1.54) is 0 Å². The maximum atomic E-state index is 12.1. The molecule has 6 heteroatoms. The molecule has 2 amide bonds. The Hall–Kier alpha value is -1.85. The number of aromatic nitrogens is 2. The SMILES string of the molecule is Cc1nn(C)c(C)c1CC(=O)NC1CCCCNC1=O. The normalized spacial score (nSPS) is 19.4. The summed E-state index contributed by atoms with van der Waals surface area (Å²) in [4.78, 5) is 23.9. The average Bonchev–Trinajstić information content (AvgIpc) is 2.57. The lowest BCUT2D eigenvalue weighted by atomic mass is 10.1. The number of hydrogen-bond donors (Lipinski definition) is 2. The number of carbonyl (C=O) groups is 2. The van der Waals surface area contributed by atoms with Crippen LogP contribution in [-0.4, -0.2) is 34.2 Å². The minimum Gasteiger partial charge on any atom is -0.354 e. The number of aryl methyl sites for hydroxylation is 2. The zero-order valence-corrected chi connectivity index (χ0v) is 12.3. The minimum atomic E-state index is -0.401. The predicted octanol–water partition coefficient (Wildman–Crippen LogP) is 0.364. The average molecular weight is 278 g/mol. The van der Waals surface area contributed by atoms with Gasteiger partial charge in [-0.2, -0.15) is 5.10 Å². The van der Waals surface area contributed by atoms with E-state index in [4.69, 9.17) is 0 Å². The third-order valence-corrected chi connectivity index (χ3v) is 3.87. The molecule has 1 aliphatic heterocycles. The van der Waals surface area contributed by atoms with Crippen LogP contribution in [0.1, 0.15) is 36.2 Å². The van der Waals surface area contributed by atoms with Crippen molar-refractivity contribution < 1.29 is 9.59 Å². The Morgan fingerprint density at radius 3 is 2.85 bits per heavy atom. The van der Waals surface area contributed by atoms with Crippen molar-refractivity contribution in [1.82, 2.24) is 20.4 Å². The van der Waals surface area contributed by atoms with Crippen LogP contribution in [0.2, 0.25) is 0 Å². The molecular formula is C14H22N4O2. The minimum absolute atomic E-state index is 0.0736. The highest BCUT2D eigenvalue weighted by Gasteiger charge is 2.23. The predicted molar refractivity (Wildman–Crippen MR) is 75.2 cm³/mol. The molecule has 1 fully saturated rings. The lowest BCUT2D eigenvalue weighted by Crippen LogP contribution is -2.46. The van der Waals surface area contributed by atoms with Gasteiger partial charge in [0.2, 0.25) is 11.8 Å². The van der Waals surface area contributed by atoms with E-state index in [1.807, 2.05) is 20.9 Å². The van der Waals surface area contributed by atoms with Gasteiger partial charge in [-0.15, -0.1) is 0 Å². The molecular weight excluding hydrogens is 256 g/mol. The van der Waals surface area contributed by atoms with Crippen molar-refractivity contribution in [3.8, 4) is 0 Å². The maximum absolute atomic E-state index is 12.1. The van der Waals surface area contributed by atoms with Crippen LogP contribution in [0.15, 0.2) is 0 Å². The fraction of sp³-hybridized carbons (Fsp3) is 0.643. The van der Waals surface area contributed by atoms with Crippen molar-refractivity contribution in [1.29, 1.82) is 0 Å². The van der Waals surface area contributed by atoms with Gasteiger partial charge in [-0.25, -0.2) is 0 Å². The van der Waals surface area contributed by atoms with Gasteiger partial charge in [-0.3, -0.25) is 14.3 Å². The van der Waals surface area contributed by atoms with Gasteiger partial charge < -0.3 is 10.6 Å². The highest BCUT2D eigenvalue weighted by molar-refractivity contribution is 5.88. The largest absolute Gasteiger partial charge is 0.354 e. The van der Waals surface area contributed by atoms with Crippen molar-refractivity contribution in [2.24, 2.45) is 7.05 Å². The number of amides is 2. The molecule has 110 valence electrons. The van der Waals surface area contributed by atoms with Crippen LogP contribution in [0.4, 0.5) is 0 Å². The first-order valence-electron chi connectivity index (χ1n) is 7.05. The van der Waals surface area contributed by atoms with Crippen molar-refractivity contribution >= 4 is 11.8 Å². The summed E-state index contributed by atoms with van der Waals surface area (Å²) in [6, 6.07) is -0.401. The summed E-state index contributed by atoms with van der Waals surface area (Å²) in [5.74, 6) is -0.193. The fourth-order valence-electron chi connectivity index (χ4n) is 2.56. The number of rotatable bonds is 3. The van der Waals surface area contributed by atoms with Crippen molar-refractivity contribution in [3.05, 3.63) is 17.0 Å². The first-order valence-corrected chi connectivity index (χ1v) is 7.05. The molecule has 1 aliphatic rings. The van der Waals surface area contributed by atoms with Crippen LogP contribution in [0.5, 0.6) is 0 Å². The summed E-state index contributed by atoms with van der Waals surface area (Å²) >= 11 is 0. The third-order valence-electron chi connectivity index (χ3n) is 3.87. The van der Waals surface area contributed by atoms with Gasteiger partial charge in [0.1, 0.15) is 6.04 Å². The van der Waals surface area contributed by atoms with Gasteiger partial charge in [-0.05, 0) is 33.1 Å². The Balaban J connectivity index is 1.99. The van der Waals surface area contributed by atoms with E-state index in [1.54, 1.807) is 4.68 Å². The van der Waals surface area contributed by atoms with Crippen LogP contribution in [-0.2, 0) is 23.1 Å². The fourth-order valence-corrected chi connectivity index (χ4v) is 2.56. The van der Waals surface area contributed by atoms with Gasteiger partial charge >= 0.3 is 0 Å². The number of hydrogen-bond acceptors (Lipinski definition) is 3. The molecule has 1 unspecified atom stereocenters. The van der Waals surface area contributed by atoms with E-state index < -0.39 is 6.04 Å². The zero-order valence-electron chi connectivity index (χ0n) is 12.3. The molecule has 2 N–H and O–H groups in total. The van der Waals surface area contributed by atoms with Gasteiger partial charge in [0.05, 0.1) is 12.1 Å². The highest BCUT2D eigenvalue weighted by atomic mass is 16.2.